The van der Waals surface area contributed by atoms with E-state index in [0.29, 0.717) is 11.5 Å². The van der Waals surface area contributed by atoms with Crippen LogP contribution in [-0.4, -0.2) is 61.0 Å². The van der Waals surface area contributed by atoms with Crippen LogP contribution in [-0.2, 0) is 17.5 Å². The van der Waals surface area contributed by atoms with Gasteiger partial charge in [-0.1, -0.05) is 24.3 Å². The summed E-state index contributed by atoms with van der Waals surface area (Å²) in [5.74, 6) is -0.747. The molecule has 40 heavy (non-hydrogen) atoms. The van der Waals surface area contributed by atoms with Crippen LogP contribution in [0.3, 0.4) is 0 Å². The fourth-order valence-corrected chi connectivity index (χ4v) is 5.38. The third kappa shape index (κ3) is 6.90. The number of rotatable bonds is 9. The van der Waals surface area contributed by atoms with Gasteiger partial charge in [0.05, 0.1) is 22.6 Å². The van der Waals surface area contributed by atoms with Crippen LogP contribution in [0.1, 0.15) is 39.4 Å². The third-order valence-corrected chi connectivity index (χ3v) is 7.61. The molecule has 1 aliphatic rings. The molecule has 1 saturated heterocycles. The van der Waals surface area contributed by atoms with Crippen LogP contribution < -0.4 is 10.1 Å². The first-order valence-electron chi connectivity index (χ1n) is 12.5. The van der Waals surface area contributed by atoms with Crippen molar-refractivity contribution in [2.24, 2.45) is 0 Å². The summed E-state index contributed by atoms with van der Waals surface area (Å²) in [6.07, 6.45) is -5.65. The Morgan fingerprint density at radius 2 is 1.85 bits per heavy atom. The molecule has 1 aromatic heterocycles. The smallest absolute Gasteiger partial charge is 0.416 e. The molecule has 1 aliphatic heterocycles. The summed E-state index contributed by atoms with van der Waals surface area (Å²) in [6.45, 7) is 5.67. The van der Waals surface area contributed by atoms with Gasteiger partial charge in [-0.05, 0) is 31.7 Å². The zero-order valence-electron chi connectivity index (χ0n) is 22.2. The molecule has 0 aliphatic carbocycles. The number of alkyl halides is 3. The maximum atomic E-state index is 13.6. The molecular formula is C27H29F3N4O5S. The van der Waals surface area contributed by atoms with E-state index in [1.165, 1.54) is 44.4 Å². The fourth-order valence-electron chi connectivity index (χ4n) is 4.46. The molecule has 4 rings (SSSR count). The molecule has 0 amide bonds. The SMILES string of the molecule is COC(=O)c1sc(Nc2cc(CN3CCN(C)CC3)ccc2[N+](=O)[O-])cc1OC(C)c1ccccc1C(F)(F)F. The number of benzene rings is 2. The number of nitrogens with one attached hydrogen (secondary N) is 1. The van der Waals surface area contributed by atoms with Gasteiger partial charge in [-0.2, -0.15) is 13.2 Å². The van der Waals surface area contributed by atoms with Gasteiger partial charge in [0, 0.05) is 50.4 Å². The van der Waals surface area contributed by atoms with E-state index in [2.05, 4.69) is 22.2 Å². The van der Waals surface area contributed by atoms with E-state index >= 15 is 0 Å². The second-order valence-corrected chi connectivity index (χ2v) is 10.5. The molecule has 2 heterocycles. The van der Waals surface area contributed by atoms with Gasteiger partial charge in [-0.3, -0.25) is 15.0 Å². The van der Waals surface area contributed by atoms with E-state index in [9.17, 15) is 28.1 Å². The third-order valence-electron chi connectivity index (χ3n) is 6.59. The topological polar surface area (TPSA) is 97.2 Å². The number of esters is 1. The minimum atomic E-state index is -4.59. The molecule has 0 spiro atoms. The quantitative estimate of drug-likeness (QED) is 0.185. The lowest BCUT2D eigenvalue weighted by Gasteiger charge is -2.32. The number of hydrogen-bond acceptors (Lipinski definition) is 9. The average molecular weight is 579 g/mol. The Morgan fingerprint density at radius 3 is 2.50 bits per heavy atom. The first-order valence-corrected chi connectivity index (χ1v) is 13.3. The van der Waals surface area contributed by atoms with E-state index in [1.54, 1.807) is 12.1 Å². The lowest BCUT2D eigenvalue weighted by Crippen LogP contribution is -2.43. The molecule has 1 fully saturated rings. The Hall–Kier alpha value is -3.68. The number of methoxy groups -OCH3 is 1. The second-order valence-electron chi connectivity index (χ2n) is 9.45. The highest BCUT2D eigenvalue weighted by Gasteiger charge is 2.35. The van der Waals surface area contributed by atoms with Crippen molar-refractivity contribution < 1.29 is 32.4 Å². The van der Waals surface area contributed by atoms with Gasteiger partial charge in [0.15, 0.2) is 4.88 Å². The normalized spacial score (nSPS) is 15.4. The summed E-state index contributed by atoms with van der Waals surface area (Å²) in [7, 11) is 3.23. The van der Waals surface area contributed by atoms with Crippen molar-refractivity contribution in [1.29, 1.82) is 0 Å². The highest BCUT2D eigenvalue weighted by molar-refractivity contribution is 7.18. The van der Waals surface area contributed by atoms with Crippen LogP contribution in [0.15, 0.2) is 48.5 Å². The molecule has 1 N–H and O–H groups in total. The van der Waals surface area contributed by atoms with Crippen molar-refractivity contribution in [2.45, 2.75) is 25.7 Å². The van der Waals surface area contributed by atoms with Gasteiger partial charge in [0.2, 0.25) is 0 Å². The molecule has 214 valence electrons. The number of thiophene rings is 1. The zero-order chi connectivity index (χ0) is 29.0. The first kappa shape index (κ1) is 29.3. The largest absolute Gasteiger partial charge is 0.484 e. The molecule has 2 aromatic carbocycles. The van der Waals surface area contributed by atoms with Gasteiger partial charge >= 0.3 is 12.1 Å². The van der Waals surface area contributed by atoms with E-state index in [-0.39, 0.29) is 27.6 Å². The molecule has 3 aromatic rings. The number of nitro groups is 1. The zero-order valence-corrected chi connectivity index (χ0v) is 23.0. The molecule has 0 saturated carbocycles. The van der Waals surface area contributed by atoms with Crippen molar-refractivity contribution in [3.05, 3.63) is 80.2 Å². The molecule has 13 heteroatoms. The Balaban J connectivity index is 1.62. The maximum Gasteiger partial charge on any atom is 0.416 e. The summed E-state index contributed by atoms with van der Waals surface area (Å²) in [4.78, 5) is 28.3. The molecule has 0 radical (unpaired) electrons. The van der Waals surface area contributed by atoms with E-state index in [0.717, 1.165) is 49.1 Å². The number of nitro benzene ring substituents is 1. The standard InChI is InChI=1S/C27H29F3N4O5S/c1-17(19-6-4-5-7-20(19)27(28,29)30)39-23-15-24(40-25(23)26(35)38-3)31-21-14-18(8-9-22(21)34(36)37)16-33-12-10-32(2)11-13-33/h4-9,14-15,17,31H,10-13,16H2,1-3H3. The Morgan fingerprint density at radius 1 is 1.15 bits per heavy atom. The second kappa shape index (κ2) is 12.2. The van der Waals surface area contributed by atoms with Gasteiger partial charge in [0.25, 0.3) is 5.69 Å². The summed E-state index contributed by atoms with van der Waals surface area (Å²) in [5, 5.41) is 15.1. The first-order chi connectivity index (χ1) is 19.0. The van der Waals surface area contributed by atoms with Gasteiger partial charge in [0.1, 0.15) is 17.5 Å². The Bertz CT molecular complexity index is 1370. The summed E-state index contributed by atoms with van der Waals surface area (Å²) in [6, 6.07) is 11.3. The van der Waals surface area contributed by atoms with Crippen LogP contribution >= 0.6 is 11.3 Å². The number of nitrogens with zero attached hydrogens (tertiary/aromatic N) is 3. The number of carbonyl (C=O) groups is 1. The van der Waals surface area contributed by atoms with E-state index < -0.39 is 28.7 Å². The van der Waals surface area contributed by atoms with Crippen LogP contribution in [0.4, 0.5) is 29.5 Å². The number of anilines is 2. The predicted octanol–water partition coefficient (Wildman–Crippen LogP) is 6.09. The molecule has 1 atom stereocenters. The summed E-state index contributed by atoms with van der Waals surface area (Å²) < 4.78 is 51.4. The fraction of sp³-hybridized carbons (Fsp3) is 0.370. The number of halogens is 3. The lowest BCUT2D eigenvalue weighted by atomic mass is 10.0. The highest BCUT2D eigenvalue weighted by atomic mass is 32.1. The molecule has 0 bridgehead atoms. The highest BCUT2D eigenvalue weighted by Crippen LogP contribution is 2.41. The van der Waals surface area contributed by atoms with E-state index in [4.69, 9.17) is 9.47 Å². The number of likely N-dealkylation sites (N-methyl/N-ethyl adjacent to an activating group) is 1. The van der Waals surface area contributed by atoms with E-state index in [1.807, 2.05) is 0 Å². The summed E-state index contributed by atoms with van der Waals surface area (Å²) >= 11 is 0.925. The number of piperazine rings is 1. The number of carbonyl (C=O) groups excluding carboxylic acids is 1. The van der Waals surface area contributed by atoms with Gasteiger partial charge in [-0.15, -0.1) is 11.3 Å². The molecule has 9 nitrogen and oxygen atoms in total. The van der Waals surface area contributed by atoms with Crippen molar-refractivity contribution in [3.8, 4) is 5.75 Å². The maximum absolute atomic E-state index is 13.6. The minimum absolute atomic E-state index is 0.0000664. The van der Waals surface area contributed by atoms with Gasteiger partial charge in [-0.25, -0.2) is 4.79 Å². The average Bonchev–Trinajstić information content (AvgIpc) is 3.30. The van der Waals surface area contributed by atoms with Crippen LogP contribution in [0.2, 0.25) is 0 Å². The number of hydrogen-bond donors (Lipinski definition) is 1. The van der Waals surface area contributed by atoms with Crippen LogP contribution in [0.25, 0.3) is 0 Å². The Kier molecular flexibility index (Phi) is 8.96. The van der Waals surface area contributed by atoms with Crippen molar-refractivity contribution >= 4 is 33.7 Å². The van der Waals surface area contributed by atoms with Crippen molar-refractivity contribution in [1.82, 2.24) is 9.80 Å². The van der Waals surface area contributed by atoms with Gasteiger partial charge < -0.3 is 19.7 Å². The summed E-state index contributed by atoms with van der Waals surface area (Å²) in [5.41, 5.74) is -0.0140. The molecule has 1 unspecified atom stereocenters. The minimum Gasteiger partial charge on any atom is -0.484 e. The Labute approximate surface area is 233 Å². The van der Waals surface area contributed by atoms with Crippen molar-refractivity contribution in [2.75, 3.05) is 45.7 Å². The van der Waals surface area contributed by atoms with Crippen LogP contribution in [0, 0.1) is 10.1 Å². The number of ether oxygens (including phenoxy) is 2. The monoisotopic (exact) mass is 578 g/mol. The van der Waals surface area contributed by atoms with Crippen molar-refractivity contribution in [3.63, 3.8) is 0 Å². The molecular weight excluding hydrogens is 549 g/mol. The lowest BCUT2D eigenvalue weighted by molar-refractivity contribution is -0.383. The predicted molar refractivity (Wildman–Crippen MR) is 145 cm³/mol. The van der Waals surface area contributed by atoms with Crippen LogP contribution in [0.5, 0.6) is 5.75 Å².